The zero-order valence-electron chi connectivity index (χ0n) is 13.6. The third-order valence-corrected chi connectivity index (χ3v) is 4.50. The number of amides is 1. The number of nitrogens with one attached hydrogen (secondary N) is 2. The van der Waals surface area contributed by atoms with Crippen LogP contribution in [0.1, 0.15) is 21.5 Å². The Labute approximate surface area is 150 Å². The molecule has 0 aliphatic carbocycles. The van der Waals surface area contributed by atoms with Crippen molar-refractivity contribution >= 4 is 23.6 Å². The minimum absolute atomic E-state index is 0.0649. The van der Waals surface area contributed by atoms with Crippen molar-refractivity contribution in [3.63, 3.8) is 0 Å². The van der Waals surface area contributed by atoms with Gasteiger partial charge in [0.05, 0.1) is 0 Å². The second-order valence-electron chi connectivity index (χ2n) is 5.48. The van der Waals surface area contributed by atoms with Gasteiger partial charge >= 0.3 is 0 Å². The first-order chi connectivity index (χ1) is 12.2. The van der Waals surface area contributed by atoms with Crippen LogP contribution in [0.15, 0.2) is 59.8 Å². The van der Waals surface area contributed by atoms with Crippen molar-refractivity contribution in [1.29, 1.82) is 0 Å². The molecule has 0 radical (unpaired) electrons. The minimum Gasteiger partial charge on any atom is -0.368 e. The number of hydrogen-bond acceptors (Lipinski definition) is 5. The Morgan fingerprint density at radius 3 is 2.68 bits per heavy atom. The van der Waals surface area contributed by atoms with E-state index in [2.05, 4.69) is 32.6 Å². The average Bonchev–Trinajstić information content (AvgIpc) is 3.06. The van der Waals surface area contributed by atoms with E-state index < -0.39 is 0 Å². The van der Waals surface area contributed by atoms with Gasteiger partial charge in [0.15, 0.2) is 0 Å². The summed E-state index contributed by atoms with van der Waals surface area (Å²) in [5.41, 5.74) is 8.40. The smallest absolute Gasteiger partial charge is 0.251 e. The summed E-state index contributed by atoms with van der Waals surface area (Å²) >= 11 is 1.46. The van der Waals surface area contributed by atoms with E-state index >= 15 is 0 Å². The first-order valence-corrected chi connectivity index (χ1v) is 8.91. The van der Waals surface area contributed by atoms with Crippen LogP contribution in [0.25, 0.3) is 0 Å². The third kappa shape index (κ3) is 5.09. The fourth-order valence-electron chi connectivity index (χ4n) is 2.34. The maximum absolute atomic E-state index is 12.3. The van der Waals surface area contributed by atoms with E-state index in [0.717, 1.165) is 12.0 Å². The second kappa shape index (κ2) is 8.34. The Hall–Kier alpha value is -2.80. The van der Waals surface area contributed by atoms with Crippen LogP contribution in [0, 0.1) is 0 Å². The van der Waals surface area contributed by atoms with Gasteiger partial charge in [0.25, 0.3) is 5.91 Å². The Balaban J connectivity index is 1.52. The molecule has 7 heteroatoms. The Morgan fingerprint density at radius 2 is 1.92 bits per heavy atom. The van der Waals surface area contributed by atoms with Crippen LogP contribution in [0.5, 0.6) is 0 Å². The molecule has 25 heavy (non-hydrogen) atoms. The summed E-state index contributed by atoms with van der Waals surface area (Å²) in [6, 6.07) is 17.7. The van der Waals surface area contributed by atoms with Gasteiger partial charge in [-0.25, -0.2) is 5.10 Å². The molecule has 1 aromatic heterocycles. The van der Waals surface area contributed by atoms with Gasteiger partial charge in [-0.05, 0) is 29.7 Å². The molecule has 0 unspecified atom stereocenters. The van der Waals surface area contributed by atoms with Gasteiger partial charge in [-0.15, -0.1) is 5.10 Å². The van der Waals surface area contributed by atoms with Crippen LogP contribution < -0.4 is 11.1 Å². The first-order valence-electron chi connectivity index (χ1n) is 7.92. The van der Waals surface area contributed by atoms with E-state index in [1.807, 2.05) is 42.5 Å². The van der Waals surface area contributed by atoms with Crippen molar-refractivity contribution < 1.29 is 4.79 Å². The molecule has 6 nitrogen and oxygen atoms in total. The highest BCUT2D eigenvalue weighted by atomic mass is 32.2. The summed E-state index contributed by atoms with van der Waals surface area (Å²) in [4.78, 5) is 16.3. The van der Waals surface area contributed by atoms with E-state index in [9.17, 15) is 4.79 Å². The Kier molecular flexibility index (Phi) is 5.69. The van der Waals surface area contributed by atoms with Crippen molar-refractivity contribution in [2.75, 3.05) is 12.3 Å². The van der Waals surface area contributed by atoms with Gasteiger partial charge in [-0.3, -0.25) is 4.79 Å². The van der Waals surface area contributed by atoms with E-state index in [4.69, 9.17) is 5.73 Å². The summed E-state index contributed by atoms with van der Waals surface area (Å²) in [6.07, 6.45) is 0.814. The van der Waals surface area contributed by atoms with Crippen LogP contribution in [0.2, 0.25) is 0 Å². The number of carbonyl (C=O) groups is 1. The van der Waals surface area contributed by atoms with Crippen LogP contribution >= 0.6 is 11.8 Å². The van der Waals surface area contributed by atoms with Crippen LogP contribution in [-0.2, 0) is 12.2 Å². The largest absolute Gasteiger partial charge is 0.368 e. The lowest BCUT2D eigenvalue weighted by Gasteiger charge is -2.07. The normalized spacial score (nSPS) is 10.6. The highest BCUT2D eigenvalue weighted by Crippen LogP contribution is 2.20. The minimum atomic E-state index is -0.0649. The van der Waals surface area contributed by atoms with Crippen molar-refractivity contribution in [3.8, 4) is 0 Å². The number of H-pyrrole nitrogens is 1. The second-order valence-corrected chi connectivity index (χ2v) is 6.43. The number of nitrogens with two attached hydrogens (primary N) is 1. The molecule has 3 rings (SSSR count). The molecule has 0 atom stereocenters. The molecule has 0 aliphatic rings. The molecule has 2 aromatic carbocycles. The predicted octanol–water partition coefficient (Wildman–Crippen LogP) is 2.65. The fraction of sp³-hybridized carbons (Fsp3) is 0.167. The summed E-state index contributed by atoms with van der Waals surface area (Å²) in [5.74, 6) is 0.904. The van der Waals surface area contributed by atoms with E-state index in [1.165, 1.54) is 17.3 Å². The average molecular weight is 353 g/mol. The van der Waals surface area contributed by atoms with Gasteiger partial charge in [0.1, 0.15) is 0 Å². The summed E-state index contributed by atoms with van der Waals surface area (Å²) in [7, 11) is 0. The molecule has 1 amide bonds. The maximum Gasteiger partial charge on any atom is 0.251 e. The third-order valence-electron chi connectivity index (χ3n) is 3.58. The number of nitrogen functional groups attached to an aromatic ring is 1. The van der Waals surface area contributed by atoms with Gasteiger partial charge < -0.3 is 11.1 Å². The molecule has 0 spiro atoms. The number of thioether (sulfide) groups is 1. The molecule has 0 saturated carbocycles. The van der Waals surface area contributed by atoms with Gasteiger partial charge in [0, 0.05) is 17.9 Å². The molecule has 3 aromatic rings. The Bertz CT molecular complexity index is 834. The Morgan fingerprint density at radius 1 is 1.12 bits per heavy atom. The summed E-state index contributed by atoms with van der Waals surface area (Å²) in [5, 5.41) is 10.1. The van der Waals surface area contributed by atoms with E-state index in [0.29, 0.717) is 29.0 Å². The van der Waals surface area contributed by atoms with E-state index in [1.54, 1.807) is 0 Å². The molecule has 4 N–H and O–H groups in total. The standard InChI is InChI=1S/C18H19N5OS/c19-17-21-18(23-22-17)25-12-14-7-4-8-15(11-14)16(24)20-10-9-13-5-2-1-3-6-13/h1-8,11H,9-10,12H2,(H,20,24)(H3,19,21,22,23). The number of anilines is 1. The van der Waals surface area contributed by atoms with Crippen LogP contribution in [0.3, 0.4) is 0 Å². The van der Waals surface area contributed by atoms with Crippen LogP contribution in [0.4, 0.5) is 5.95 Å². The number of benzene rings is 2. The molecule has 0 bridgehead atoms. The first kappa shape index (κ1) is 17.0. The molecular formula is C18H19N5OS. The molecule has 0 fully saturated rings. The lowest BCUT2D eigenvalue weighted by molar-refractivity contribution is 0.0954. The molecule has 0 saturated heterocycles. The number of aromatic amines is 1. The number of rotatable bonds is 7. The SMILES string of the molecule is Nc1nc(SCc2cccc(C(=O)NCCc3ccccc3)c2)n[nH]1. The van der Waals surface area contributed by atoms with Gasteiger partial charge in [-0.2, -0.15) is 4.98 Å². The monoisotopic (exact) mass is 353 g/mol. The molecule has 128 valence electrons. The highest BCUT2D eigenvalue weighted by molar-refractivity contribution is 7.98. The van der Waals surface area contributed by atoms with Gasteiger partial charge in [-0.1, -0.05) is 54.2 Å². The predicted molar refractivity (Wildman–Crippen MR) is 99.3 cm³/mol. The van der Waals surface area contributed by atoms with Crippen LogP contribution in [-0.4, -0.2) is 27.6 Å². The zero-order valence-corrected chi connectivity index (χ0v) is 14.4. The summed E-state index contributed by atoms with van der Waals surface area (Å²) < 4.78 is 0. The van der Waals surface area contributed by atoms with E-state index in [-0.39, 0.29) is 5.91 Å². The fourth-order valence-corrected chi connectivity index (χ4v) is 3.09. The van der Waals surface area contributed by atoms with Crippen molar-refractivity contribution in [2.24, 2.45) is 0 Å². The van der Waals surface area contributed by atoms with Crippen molar-refractivity contribution in [2.45, 2.75) is 17.3 Å². The number of hydrogen-bond donors (Lipinski definition) is 3. The topological polar surface area (TPSA) is 96.7 Å². The lowest BCUT2D eigenvalue weighted by atomic mass is 10.1. The molecule has 0 aliphatic heterocycles. The van der Waals surface area contributed by atoms with Gasteiger partial charge in [0.2, 0.25) is 11.1 Å². The number of carbonyl (C=O) groups excluding carboxylic acids is 1. The number of nitrogens with zero attached hydrogens (tertiary/aromatic N) is 2. The summed E-state index contributed by atoms with van der Waals surface area (Å²) in [6.45, 7) is 0.609. The van der Waals surface area contributed by atoms with Crippen molar-refractivity contribution in [3.05, 3.63) is 71.3 Å². The van der Waals surface area contributed by atoms with Crippen molar-refractivity contribution in [1.82, 2.24) is 20.5 Å². The number of aromatic nitrogens is 3. The zero-order chi connectivity index (χ0) is 17.5. The lowest BCUT2D eigenvalue weighted by Crippen LogP contribution is -2.25. The quantitative estimate of drug-likeness (QED) is 0.568. The maximum atomic E-state index is 12.3. The molecular weight excluding hydrogens is 334 g/mol. The highest BCUT2D eigenvalue weighted by Gasteiger charge is 2.07. The molecule has 1 heterocycles.